The van der Waals surface area contributed by atoms with Crippen LogP contribution < -0.4 is 14.8 Å². The van der Waals surface area contributed by atoms with E-state index in [9.17, 15) is 9.59 Å². The second kappa shape index (κ2) is 8.04. The molecule has 0 aliphatic carbocycles. The quantitative estimate of drug-likeness (QED) is 0.895. The number of piperidine rings is 1. The molecule has 1 aromatic rings. The van der Waals surface area contributed by atoms with Crippen molar-refractivity contribution in [1.29, 1.82) is 0 Å². The molecule has 1 saturated heterocycles. The Morgan fingerprint density at radius 2 is 1.62 bits per heavy atom. The van der Waals surface area contributed by atoms with Crippen LogP contribution in [0.5, 0.6) is 11.5 Å². The van der Waals surface area contributed by atoms with Crippen molar-refractivity contribution in [3.05, 3.63) is 23.8 Å². The molecule has 0 bridgehead atoms. The number of hydrogen-bond acceptors (Lipinski definition) is 4. The van der Waals surface area contributed by atoms with Crippen LogP contribution in [0.25, 0.3) is 0 Å². The van der Waals surface area contributed by atoms with E-state index in [0.717, 1.165) is 0 Å². The minimum atomic E-state index is -0.0603. The first-order chi connectivity index (χ1) is 11.4. The Kier molecular flexibility index (Phi) is 6.06. The van der Waals surface area contributed by atoms with E-state index in [1.165, 1.54) is 0 Å². The van der Waals surface area contributed by atoms with E-state index >= 15 is 0 Å². The van der Waals surface area contributed by atoms with Crippen LogP contribution in [-0.4, -0.2) is 50.1 Å². The predicted octanol–water partition coefficient (Wildman–Crippen LogP) is 2.08. The summed E-state index contributed by atoms with van der Waals surface area (Å²) in [6, 6.07) is 5.30. The molecule has 24 heavy (non-hydrogen) atoms. The van der Waals surface area contributed by atoms with Crippen molar-refractivity contribution in [2.45, 2.75) is 32.7 Å². The van der Waals surface area contributed by atoms with Gasteiger partial charge in [0.05, 0.1) is 14.2 Å². The Morgan fingerprint density at radius 3 is 2.08 bits per heavy atom. The lowest BCUT2D eigenvalue weighted by molar-refractivity contribution is -0.126. The lowest BCUT2D eigenvalue weighted by Crippen LogP contribution is -2.44. The number of ether oxygens (including phenoxy) is 2. The molecule has 0 radical (unpaired) electrons. The Hall–Kier alpha value is -2.24. The van der Waals surface area contributed by atoms with E-state index < -0.39 is 0 Å². The van der Waals surface area contributed by atoms with E-state index in [1.807, 2.05) is 13.8 Å². The third-order valence-corrected chi connectivity index (χ3v) is 4.18. The minimum Gasteiger partial charge on any atom is -0.497 e. The molecule has 1 heterocycles. The molecule has 2 rings (SSSR count). The van der Waals surface area contributed by atoms with Gasteiger partial charge in [0.1, 0.15) is 11.5 Å². The molecule has 1 N–H and O–H groups in total. The van der Waals surface area contributed by atoms with Crippen molar-refractivity contribution in [1.82, 2.24) is 10.2 Å². The number of methoxy groups -OCH3 is 2. The van der Waals surface area contributed by atoms with Gasteiger partial charge in [0, 0.05) is 36.7 Å². The lowest BCUT2D eigenvalue weighted by Gasteiger charge is -2.32. The highest BCUT2D eigenvalue weighted by Crippen LogP contribution is 2.25. The van der Waals surface area contributed by atoms with Crippen molar-refractivity contribution >= 4 is 11.8 Å². The maximum Gasteiger partial charge on any atom is 0.254 e. The van der Waals surface area contributed by atoms with Crippen LogP contribution >= 0.6 is 0 Å². The van der Waals surface area contributed by atoms with Crippen LogP contribution in [0.2, 0.25) is 0 Å². The minimum absolute atomic E-state index is 0.0173. The maximum absolute atomic E-state index is 12.7. The summed E-state index contributed by atoms with van der Waals surface area (Å²) in [5.41, 5.74) is 0.538. The summed E-state index contributed by atoms with van der Waals surface area (Å²) in [5, 5.41) is 2.94. The summed E-state index contributed by atoms with van der Waals surface area (Å²) in [7, 11) is 3.11. The number of benzene rings is 1. The number of nitrogens with zero attached hydrogens (tertiary/aromatic N) is 1. The van der Waals surface area contributed by atoms with E-state index in [-0.39, 0.29) is 23.8 Å². The van der Waals surface area contributed by atoms with Gasteiger partial charge in [0.2, 0.25) is 5.91 Å². The van der Waals surface area contributed by atoms with Crippen LogP contribution in [0, 0.1) is 5.92 Å². The molecule has 0 spiro atoms. The van der Waals surface area contributed by atoms with E-state index in [2.05, 4.69) is 5.32 Å². The Morgan fingerprint density at radius 1 is 1.08 bits per heavy atom. The van der Waals surface area contributed by atoms with Crippen molar-refractivity contribution in [2.75, 3.05) is 27.3 Å². The van der Waals surface area contributed by atoms with Gasteiger partial charge in [-0.05, 0) is 38.8 Å². The van der Waals surface area contributed by atoms with Crippen molar-refractivity contribution in [3.63, 3.8) is 0 Å². The van der Waals surface area contributed by atoms with Crippen LogP contribution in [0.15, 0.2) is 18.2 Å². The molecule has 1 aliphatic rings. The van der Waals surface area contributed by atoms with Crippen molar-refractivity contribution < 1.29 is 19.1 Å². The average Bonchev–Trinajstić information content (AvgIpc) is 2.60. The van der Waals surface area contributed by atoms with Gasteiger partial charge in [0.25, 0.3) is 5.91 Å². The predicted molar refractivity (Wildman–Crippen MR) is 91.5 cm³/mol. The first-order valence-electron chi connectivity index (χ1n) is 8.27. The summed E-state index contributed by atoms with van der Waals surface area (Å²) in [4.78, 5) is 26.6. The third-order valence-electron chi connectivity index (χ3n) is 4.18. The molecule has 2 amide bonds. The molecule has 0 saturated carbocycles. The smallest absolute Gasteiger partial charge is 0.254 e. The van der Waals surface area contributed by atoms with Crippen LogP contribution in [-0.2, 0) is 4.79 Å². The van der Waals surface area contributed by atoms with Crippen LogP contribution in [0.1, 0.15) is 37.0 Å². The topological polar surface area (TPSA) is 67.9 Å². The molecule has 1 fully saturated rings. The highest BCUT2D eigenvalue weighted by atomic mass is 16.5. The lowest BCUT2D eigenvalue weighted by atomic mass is 9.95. The van der Waals surface area contributed by atoms with E-state index in [1.54, 1.807) is 37.3 Å². The fourth-order valence-electron chi connectivity index (χ4n) is 2.86. The number of amides is 2. The monoisotopic (exact) mass is 334 g/mol. The van der Waals surface area contributed by atoms with Crippen LogP contribution in [0.3, 0.4) is 0 Å². The van der Waals surface area contributed by atoms with Crippen molar-refractivity contribution in [2.24, 2.45) is 5.92 Å². The van der Waals surface area contributed by atoms with Gasteiger partial charge in [-0.25, -0.2) is 0 Å². The number of carbonyl (C=O) groups is 2. The van der Waals surface area contributed by atoms with Gasteiger partial charge in [-0.15, -0.1) is 0 Å². The first-order valence-corrected chi connectivity index (χ1v) is 8.27. The molecule has 0 atom stereocenters. The van der Waals surface area contributed by atoms with Gasteiger partial charge >= 0.3 is 0 Å². The molecular weight excluding hydrogens is 308 g/mol. The van der Waals surface area contributed by atoms with Gasteiger partial charge in [-0.2, -0.15) is 0 Å². The van der Waals surface area contributed by atoms with Gasteiger partial charge in [0.15, 0.2) is 0 Å². The number of likely N-dealkylation sites (tertiary alicyclic amines) is 1. The molecule has 132 valence electrons. The second-order valence-corrected chi connectivity index (χ2v) is 6.33. The fraction of sp³-hybridized carbons (Fsp3) is 0.556. The number of hydrogen-bond donors (Lipinski definition) is 1. The largest absolute Gasteiger partial charge is 0.497 e. The molecule has 6 nitrogen and oxygen atoms in total. The molecule has 1 aromatic carbocycles. The maximum atomic E-state index is 12.7. The Balaban J connectivity index is 2.01. The SMILES string of the molecule is COc1cc(OC)cc(C(=O)N2CCC(C(=O)NC(C)C)CC2)c1. The standard InChI is InChI=1S/C18H26N2O4/c1-12(2)19-17(21)13-5-7-20(8-6-13)18(22)14-9-15(23-3)11-16(10-14)24-4/h9-13H,5-8H2,1-4H3,(H,19,21). The van der Waals surface area contributed by atoms with Crippen molar-refractivity contribution in [3.8, 4) is 11.5 Å². The van der Waals surface area contributed by atoms with Crippen LogP contribution in [0.4, 0.5) is 0 Å². The number of carbonyl (C=O) groups excluding carboxylic acids is 2. The Bertz CT molecular complexity index is 570. The summed E-state index contributed by atoms with van der Waals surface area (Å²) in [6.07, 6.45) is 1.37. The van der Waals surface area contributed by atoms with Gasteiger partial charge < -0.3 is 19.7 Å². The highest BCUT2D eigenvalue weighted by molar-refractivity contribution is 5.95. The second-order valence-electron chi connectivity index (χ2n) is 6.33. The first kappa shape index (κ1) is 18.1. The van der Waals surface area contributed by atoms with E-state index in [0.29, 0.717) is 43.0 Å². The third kappa shape index (κ3) is 4.40. The van der Waals surface area contributed by atoms with E-state index in [4.69, 9.17) is 9.47 Å². The Labute approximate surface area is 143 Å². The zero-order valence-corrected chi connectivity index (χ0v) is 14.8. The zero-order valence-electron chi connectivity index (χ0n) is 14.8. The summed E-state index contributed by atoms with van der Waals surface area (Å²) < 4.78 is 10.4. The molecule has 0 aromatic heterocycles. The average molecular weight is 334 g/mol. The number of rotatable bonds is 5. The molecular formula is C18H26N2O4. The molecule has 6 heteroatoms. The summed E-state index contributed by atoms with van der Waals surface area (Å²) >= 11 is 0. The molecule has 1 aliphatic heterocycles. The van der Waals surface area contributed by atoms with Gasteiger partial charge in [-0.1, -0.05) is 0 Å². The zero-order chi connectivity index (χ0) is 17.7. The molecule has 0 unspecified atom stereocenters. The summed E-state index contributed by atoms with van der Waals surface area (Å²) in [6.45, 7) is 5.06. The number of nitrogens with one attached hydrogen (secondary N) is 1. The fourth-order valence-corrected chi connectivity index (χ4v) is 2.86. The highest BCUT2D eigenvalue weighted by Gasteiger charge is 2.28. The van der Waals surface area contributed by atoms with Gasteiger partial charge in [-0.3, -0.25) is 9.59 Å². The normalized spacial score (nSPS) is 15.3. The summed E-state index contributed by atoms with van der Waals surface area (Å²) in [5.74, 6) is 1.18.